The van der Waals surface area contributed by atoms with Gasteiger partial charge in [-0.05, 0) is 24.1 Å². The molecule has 0 aliphatic heterocycles. The fraction of sp³-hybridized carbons (Fsp3) is 0.100. The van der Waals surface area contributed by atoms with Crippen LogP contribution in [0.5, 0.6) is 0 Å². The monoisotopic (exact) mass is 161 g/mol. The zero-order valence-corrected chi connectivity index (χ0v) is 6.95. The van der Waals surface area contributed by atoms with E-state index in [4.69, 9.17) is 0 Å². The molecule has 1 rings (SSSR count). The number of nitrogens with one attached hydrogen (secondary N) is 1. The van der Waals surface area contributed by atoms with Crippen molar-refractivity contribution >= 4 is 12.3 Å². The van der Waals surface area contributed by atoms with Crippen LogP contribution in [0.4, 0.5) is 0 Å². The van der Waals surface area contributed by atoms with Gasteiger partial charge in [-0.1, -0.05) is 24.3 Å². The van der Waals surface area contributed by atoms with Crippen molar-refractivity contribution in [1.82, 2.24) is 0 Å². The van der Waals surface area contributed by atoms with Gasteiger partial charge in [0.05, 0.1) is 0 Å². The molecule has 0 fully saturated rings. The van der Waals surface area contributed by atoms with Crippen LogP contribution < -0.4 is 5.16 Å². The molecule has 62 valence electrons. The van der Waals surface area contributed by atoms with Crippen LogP contribution in [0.2, 0.25) is 0 Å². The van der Waals surface area contributed by atoms with Gasteiger partial charge in [-0.25, -0.2) is 5.16 Å². The van der Waals surface area contributed by atoms with E-state index in [1.165, 1.54) is 11.8 Å². The first-order chi connectivity index (χ1) is 5.84. The van der Waals surface area contributed by atoms with Gasteiger partial charge in [0.1, 0.15) is 0 Å². The van der Waals surface area contributed by atoms with Crippen LogP contribution in [0.1, 0.15) is 11.1 Å². The third-order valence-corrected chi connectivity index (χ3v) is 1.63. The molecule has 0 aliphatic carbocycles. The first-order valence-electron chi connectivity index (χ1n) is 3.78. The highest BCUT2D eigenvalue weighted by Crippen LogP contribution is 2.07. The van der Waals surface area contributed by atoms with Crippen LogP contribution in [0.25, 0.3) is 6.08 Å². The average Bonchev–Trinajstić information content (AvgIpc) is 2.09. The van der Waals surface area contributed by atoms with Gasteiger partial charge in [-0.3, -0.25) is 0 Å². The molecule has 0 atom stereocenters. The van der Waals surface area contributed by atoms with Crippen molar-refractivity contribution in [2.24, 2.45) is 0 Å². The number of benzene rings is 1. The van der Waals surface area contributed by atoms with Crippen molar-refractivity contribution in [3.8, 4) is 0 Å². The Hall–Kier alpha value is -1.57. The first-order valence-corrected chi connectivity index (χ1v) is 3.78. The molecule has 0 heterocycles. The number of allylic oxidation sites excluding steroid dienone is 1. The van der Waals surface area contributed by atoms with E-state index < -0.39 is 0 Å². The molecule has 1 aromatic rings. The molecule has 0 bridgehead atoms. The molecular weight excluding hydrogens is 150 g/mol. The summed E-state index contributed by atoms with van der Waals surface area (Å²) in [6, 6.07) is 7.99. The molecule has 2 nitrogen and oxygen atoms in total. The van der Waals surface area contributed by atoms with Crippen molar-refractivity contribution in [3.63, 3.8) is 0 Å². The van der Waals surface area contributed by atoms with Crippen LogP contribution in [-0.2, 0) is 0 Å². The predicted molar refractivity (Wildman–Crippen MR) is 50.6 cm³/mol. The fourth-order valence-corrected chi connectivity index (χ4v) is 0.965. The standard InChI is InChI=1S/C10H11NO/c1-9-5-2-3-6-10(9)7-4-8-11-12/h2-8,11H,1H3/b7-4-,11-8+. The molecule has 1 aromatic carbocycles. The van der Waals surface area contributed by atoms with Crippen LogP contribution in [0, 0.1) is 12.1 Å². The zero-order chi connectivity index (χ0) is 8.81. The minimum absolute atomic E-state index is 1.13. The molecule has 0 aliphatic rings. The van der Waals surface area contributed by atoms with Crippen molar-refractivity contribution in [1.29, 1.82) is 0 Å². The van der Waals surface area contributed by atoms with E-state index in [2.05, 4.69) is 0 Å². The lowest BCUT2D eigenvalue weighted by Crippen LogP contribution is -2.59. The van der Waals surface area contributed by atoms with Gasteiger partial charge < -0.3 is 5.21 Å². The van der Waals surface area contributed by atoms with Gasteiger partial charge in [0.15, 0.2) is 6.21 Å². The normalized spacial score (nSPS) is 11.4. The Balaban J connectivity index is 2.82. The summed E-state index contributed by atoms with van der Waals surface area (Å²) in [7, 11) is 0. The number of aryl methyl sites for hydroxylation is 1. The number of rotatable bonds is 2. The summed E-state index contributed by atoms with van der Waals surface area (Å²) in [5, 5.41) is 11.5. The van der Waals surface area contributed by atoms with E-state index in [1.807, 2.05) is 37.3 Å². The molecule has 0 spiro atoms. The van der Waals surface area contributed by atoms with E-state index in [0.29, 0.717) is 0 Å². The Kier molecular flexibility index (Phi) is 3.08. The minimum atomic E-state index is 1.13. The Morgan fingerprint density at radius 2 is 2.08 bits per heavy atom. The molecule has 1 N–H and O–H groups in total. The summed E-state index contributed by atoms with van der Waals surface area (Å²) in [5.74, 6) is 0. The van der Waals surface area contributed by atoms with Gasteiger partial charge in [0.2, 0.25) is 0 Å². The van der Waals surface area contributed by atoms with Crippen molar-refractivity contribution in [2.45, 2.75) is 6.92 Å². The maximum Gasteiger partial charge on any atom is 0.172 e. The Bertz CT molecular complexity index is 302. The van der Waals surface area contributed by atoms with Crippen molar-refractivity contribution < 1.29 is 5.16 Å². The molecule has 0 radical (unpaired) electrons. The SMILES string of the molecule is Cc1ccccc1/C=C\C=[NH+]\[O-]. The Morgan fingerprint density at radius 1 is 1.33 bits per heavy atom. The second-order valence-corrected chi connectivity index (χ2v) is 2.50. The Labute approximate surface area is 71.8 Å². The highest BCUT2D eigenvalue weighted by Gasteiger charge is 1.88. The highest BCUT2D eigenvalue weighted by molar-refractivity contribution is 5.74. The molecule has 2 heteroatoms. The quantitative estimate of drug-likeness (QED) is 0.386. The lowest BCUT2D eigenvalue weighted by Gasteiger charge is -1.96. The minimum Gasteiger partial charge on any atom is -0.625 e. The van der Waals surface area contributed by atoms with Gasteiger partial charge in [0, 0.05) is 6.08 Å². The lowest BCUT2D eigenvalue weighted by atomic mass is 10.1. The molecule has 0 unspecified atom stereocenters. The molecule has 0 amide bonds. The summed E-state index contributed by atoms with van der Waals surface area (Å²) in [4.78, 5) is 0. The van der Waals surface area contributed by atoms with Gasteiger partial charge in [-0.15, -0.1) is 0 Å². The topological polar surface area (TPSA) is 37.0 Å². The molecular formula is C10H11NO. The average molecular weight is 161 g/mol. The van der Waals surface area contributed by atoms with Crippen LogP contribution >= 0.6 is 0 Å². The van der Waals surface area contributed by atoms with Gasteiger partial charge in [0.25, 0.3) is 0 Å². The summed E-state index contributed by atoms with van der Waals surface area (Å²) < 4.78 is 0. The third kappa shape index (κ3) is 2.23. The maximum absolute atomic E-state index is 9.85. The second kappa shape index (κ2) is 4.34. The lowest BCUT2D eigenvalue weighted by molar-refractivity contribution is -0.366. The summed E-state index contributed by atoms with van der Waals surface area (Å²) in [6.45, 7) is 2.03. The van der Waals surface area contributed by atoms with Gasteiger partial charge >= 0.3 is 0 Å². The van der Waals surface area contributed by atoms with E-state index in [-0.39, 0.29) is 0 Å². The smallest absolute Gasteiger partial charge is 0.172 e. The first kappa shape index (κ1) is 8.53. The van der Waals surface area contributed by atoms with E-state index in [9.17, 15) is 5.21 Å². The predicted octanol–water partition coefficient (Wildman–Crippen LogP) is 0.657. The maximum atomic E-state index is 9.85. The van der Waals surface area contributed by atoms with Crippen LogP contribution in [0.15, 0.2) is 30.3 Å². The summed E-state index contributed by atoms with van der Waals surface area (Å²) in [6.07, 6.45) is 4.93. The van der Waals surface area contributed by atoms with Crippen molar-refractivity contribution in [2.75, 3.05) is 0 Å². The number of hydrogen-bond acceptors (Lipinski definition) is 1. The Morgan fingerprint density at radius 3 is 2.75 bits per heavy atom. The molecule has 0 aromatic heterocycles. The van der Waals surface area contributed by atoms with E-state index in [1.54, 1.807) is 11.2 Å². The number of hydrogen-bond donors (Lipinski definition) is 1. The largest absolute Gasteiger partial charge is 0.625 e. The summed E-state index contributed by atoms with van der Waals surface area (Å²) in [5.41, 5.74) is 2.33. The van der Waals surface area contributed by atoms with Crippen molar-refractivity contribution in [3.05, 3.63) is 46.7 Å². The summed E-state index contributed by atoms with van der Waals surface area (Å²) >= 11 is 0. The van der Waals surface area contributed by atoms with E-state index >= 15 is 0 Å². The third-order valence-electron chi connectivity index (χ3n) is 1.63. The zero-order valence-electron chi connectivity index (χ0n) is 6.95. The molecule has 12 heavy (non-hydrogen) atoms. The second-order valence-electron chi connectivity index (χ2n) is 2.50. The fourth-order valence-electron chi connectivity index (χ4n) is 0.965. The van der Waals surface area contributed by atoms with Gasteiger partial charge in [-0.2, -0.15) is 0 Å². The molecule has 0 saturated heterocycles. The van der Waals surface area contributed by atoms with Crippen LogP contribution in [-0.4, -0.2) is 6.21 Å². The van der Waals surface area contributed by atoms with E-state index in [0.717, 1.165) is 5.56 Å². The molecule has 0 saturated carbocycles. The van der Waals surface area contributed by atoms with Crippen LogP contribution in [0.3, 0.4) is 0 Å². The highest BCUT2D eigenvalue weighted by atomic mass is 16.4.